The highest BCUT2D eigenvalue weighted by Crippen LogP contribution is 2.33. The van der Waals surface area contributed by atoms with Gasteiger partial charge in [0.2, 0.25) is 0 Å². The number of hydrogen-bond acceptors (Lipinski definition) is 2. The van der Waals surface area contributed by atoms with Crippen LogP contribution in [0.25, 0.3) is 0 Å². The summed E-state index contributed by atoms with van der Waals surface area (Å²) in [4.78, 5) is 12.2. The van der Waals surface area contributed by atoms with Crippen LogP contribution in [0.4, 0.5) is 0 Å². The molecule has 0 aliphatic rings. The summed E-state index contributed by atoms with van der Waals surface area (Å²) in [5, 5.41) is 1.35. The fourth-order valence-corrected chi connectivity index (χ4v) is 3.50. The van der Waals surface area contributed by atoms with Crippen LogP contribution in [0.5, 0.6) is 0 Å². The zero-order valence-electron chi connectivity index (χ0n) is 16.1. The highest BCUT2D eigenvalue weighted by molar-refractivity contribution is 6.30. The van der Waals surface area contributed by atoms with Gasteiger partial charge in [-0.25, -0.2) is 9.78 Å². The standard InChI is InChI=1S/C26H20Cl2O2/c27-23-15-11-21(12-16-23)25(19-7-3-1-4-8-19)29-30-26(20-9-5-2-6-10-20)22-13-17-24(28)18-14-22/h1-18,25-26H. The van der Waals surface area contributed by atoms with Gasteiger partial charge >= 0.3 is 0 Å². The molecule has 2 nitrogen and oxygen atoms in total. The summed E-state index contributed by atoms with van der Waals surface area (Å²) in [5.41, 5.74) is 3.88. The molecule has 0 saturated carbocycles. The summed E-state index contributed by atoms with van der Waals surface area (Å²) in [7, 11) is 0. The van der Waals surface area contributed by atoms with E-state index in [2.05, 4.69) is 0 Å². The highest BCUT2D eigenvalue weighted by atomic mass is 35.5. The molecule has 0 aliphatic carbocycles. The molecule has 4 aromatic carbocycles. The molecule has 0 bridgehead atoms. The van der Waals surface area contributed by atoms with Gasteiger partial charge in [-0.1, -0.05) is 108 Å². The Morgan fingerprint density at radius 3 is 1.03 bits per heavy atom. The van der Waals surface area contributed by atoms with Gasteiger partial charge in [0.1, 0.15) is 12.2 Å². The van der Waals surface area contributed by atoms with Crippen LogP contribution in [-0.2, 0) is 9.78 Å². The summed E-state index contributed by atoms with van der Waals surface area (Å²) < 4.78 is 0. The predicted molar refractivity (Wildman–Crippen MR) is 122 cm³/mol. The summed E-state index contributed by atoms with van der Waals surface area (Å²) in [6, 6.07) is 35.1. The van der Waals surface area contributed by atoms with Crippen molar-refractivity contribution >= 4 is 23.2 Å². The predicted octanol–water partition coefficient (Wildman–Crippen LogP) is 7.82. The van der Waals surface area contributed by atoms with Gasteiger partial charge in [0.25, 0.3) is 0 Å². The van der Waals surface area contributed by atoms with Crippen molar-refractivity contribution in [3.63, 3.8) is 0 Å². The number of benzene rings is 4. The molecule has 0 fully saturated rings. The van der Waals surface area contributed by atoms with E-state index < -0.39 is 12.2 Å². The van der Waals surface area contributed by atoms with Crippen LogP contribution in [0.2, 0.25) is 10.0 Å². The topological polar surface area (TPSA) is 18.5 Å². The van der Waals surface area contributed by atoms with Crippen LogP contribution in [0, 0.1) is 0 Å². The third-order valence-electron chi connectivity index (χ3n) is 4.80. The second kappa shape index (κ2) is 9.92. The lowest BCUT2D eigenvalue weighted by Crippen LogP contribution is -2.12. The average molecular weight is 435 g/mol. The number of hydrogen-bond donors (Lipinski definition) is 0. The van der Waals surface area contributed by atoms with Crippen molar-refractivity contribution in [3.8, 4) is 0 Å². The van der Waals surface area contributed by atoms with Crippen LogP contribution in [0.1, 0.15) is 34.5 Å². The minimum absolute atomic E-state index is 0.401. The molecule has 0 amide bonds. The quantitative estimate of drug-likeness (QED) is 0.218. The van der Waals surface area contributed by atoms with Crippen LogP contribution >= 0.6 is 23.2 Å². The molecule has 4 aromatic rings. The first-order valence-electron chi connectivity index (χ1n) is 9.63. The van der Waals surface area contributed by atoms with Crippen molar-refractivity contribution in [2.75, 3.05) is 0 Å². The monoisotopic (exact) mass is 434 g/mol. The van der Waals surface area contributed by atoms with Gasteiger partial charge < -0.3 is 0 Å². The lowest BCUT2D eigenvalue weighted by atomic mass is 10.0. The third kappa shape index (κ3) is 5.10. The van der Waals surface area contributed by atoms with E-state index in [0.29, 0.717) is 10.0 Å². The minimum atomic E-state index is -0.401. The van der Waals surface area contributed by atoms with Gasteiger partial charge in [-0.3, -0.25) is 0 Å². The Labute approximate surface area is 186 Å². The molecular formula is C26H20Cl2O2. The summed E-state index contributed by atoms with van der Waals surface area (Å²) in [6.45, 7) is 0. The Hall–Kier alpha value is -2.62. The molecule has 150 valence electrons. The molecule has 0 N–H and O–H groups in total. The van der Waals surface area contributed by atoms with E-state index in [1.54, 1.807) is 0 Å². The Balaban J connectivity index is 1.65. The Morgan fingerprint density at radius 2 is 0.700 bits per heavy atom. The van der Waals surface area contributed by atoms with Crippen LogP contribution in [0.3, 0.4) is 0 Å². The van der Waals surface area contributed by atoms with Crippen LogP contribution in [0.15, 0.2) is 109 Å². The molecule has 0 aliphatic heterocycles. The fourth-order valence-electron chi connectivity index (χ4n) is 3.25. The van der Waals surface area contributed by atoms with E-state index >= 15 is 0 Å². The minimum Gasteiger partial charge on any atom is -0.223 e. The molecular weight excluding hydrogens is 415 g/mol. The average Bonchev–Trinajstić information content (AvgIpc) is 2.80. The zero-order valence-corrected chi connectivity index (χ0v) is 17.6. The maximum absolute atomic E-state index is 6.08. The van der Waals surface area contributed by atoms with Crippen molar-refractivity contribution in [1.29, 1.82) is 0 Å². The Kier molecular flexibility index (Phi) is 6.83. The molecule has 2 unspecified atom stereocenters. The number of rotatable bonds is 7. The van der Waals surface area contributed by atoms with E-state index in [0.717, 1.165) is 22.3 Å². The van der Waals surface area contributed by atoms with E-state index in [4.69, 9.17) is 33.0 Å². The summed E-state index contributed by atoms with van der Waals surface area (Å²) in [6.07, 6.45) is -0.802. The van der Waals surface area contributed by atoms with Crippen molar-refractivity contribution in [2.24, 2.45) is 0 Å². The fraction of sp³-hybridized carbons (Fsp3) is 0.0769. The van der Waals surface area contributed by atoms with Crippen molar-refractivity contribution < 1.29 is 9.78 Å². The molecule has 4 heteroatoms. The van der Waals surface area contributed by atoms with Gasteiger partial charge in [0.15, 0.2) is 0 Å². The van der Waals surface area contributed by atoms with E-state index in [-0.39, 0.29) is 0 Å². The van der Waals surface area contributed by atoms with E-state index in [1.165, 1.54) is 0 Å². The lowest BCUT2D eigenvalue weighted by molar-refractivity contribution is -0.340. The largest absolute Gasteiger partial charge is 0.223 e. The molecule has 0 aromatic heterocycles. The second-order valence-corrected chi connectivity index (χ2v) is 7.75. The van der Waals surface area contributed by atoms with Crippen LogP contribution in [-0.4, -0.2) is 0 Å². The third-order valence-corrected chi connectivity index (χ3v) is 5.30. The maximum Gasteiger partial charge on any atom is 0.143 e. The van der Waals surface area contributed by atoms with Crippen molar-refractivity contribution in [1.82, 2.24) is 0 Å². The SMILES string of the molecule is Clc1ccc(C(OOC(c2ccccc2)c2ccc(Cl)cc2)c2ccccc2)cc1. The summed E-state index contributed by atoms with van der Waals surface area (Å²) in [5.74, 6) is 0. The molecule has 30 heavy (non-hydrogen) atoms. The van der Waals surface area contributed by atoms with Gasteiger partial charge in [-0.2, -0.15) is 0 Å². The second-order valence-electron chi connectivity index (χ2n) is 6.88. The molecule has 2 atom stereocenters. The van der Waals surface area contributed by atoms with Gasteiger partial charge in [-0.15, -0.1) is 0 Å². The lowest BCUT2D eigenvalue weighted by Gasteiger charge is -2.23. The van der Waals surface area contributed by atoms with Gasteiger partial charge in [0, 0.05) is 10.0 Å². The first kappa shape index (κ1) is 20.6. The van der Waals surface area contributed by atoms with Gasteiger partial charge in [-0.05, 0) is 46.5 Å². The van der Waals surface area contributed by atoms with E-state index in [1.807, 2.05) is 109 Å². The van der Waals surface area contributed by atoms with Crippen molar-refractivity contribution in [3.05, 3.63) is 141 Å². The summed E-state index contributed by atoms with van der Waals surface area (Å²) >= 11 is 12.2. The van der Waals surface area contributed by atoms with Gasteiger partial charge in [0.05, 0.1) is 0 Å². The first-order valence-corrected chi connectivity index (χ1v) is 10.4. The Bertz CT molecular complexity index is 961. The highest BCUT2D eigenvalue weighted by Gasteiger charge is 2.21. The maximum atomic E-state index is 6.08. The molecule has 0 saturated heterocycles. The first-order chi connectivity index (χ1) is 14.7. The van der Waals surface area contributed by atoms with Crippen LogP contribution < -0.4 is 0 Å². The molecule has 0 spiro atoms. The smallest absolute Gasteiger partial charge is 0.143 e. The number of halogens is 2. The molecule has 4 rings (SSSR count). The normalized spacial score (nSPS) is 13.0. The van der Waals surface area contributed by atoms with E-state index in [9.17, 15) is 0 Å². The molecule has 0 radical (unpaired) electrons. The Morgan fingerprint density at radius 1 is 0.400 bits per heavy atom. The van der Waals surface area contributed by atoms with Crippen molar-refractivity contribution in [2.45, 2.75) is 12.2 Å². The zero-order chi connectivity index (χ0) is 20.8. The molecule has 0 heterocycles.